The molecule has 6 nitrogen and oxygen atoms in total. The Morgan fingerprint density at radius 1 is 1.26 bits per heavy atom. The zero-order chi connectivity index (χ0) is 19.4. The number of amides is 1. The molecule has 3 rings (SSSR count). The molecule has 0 saturated carbocycles. The highest BCUT2D eigenvalue weighted by atomic mass is 19.1. The summed E-state index contributed by atoms with van der Waals surface area (Å²) in [7, 11) is 0. The van der Waals surface area contributed by atoms with Crippen molar-refractivity contribution in [2.75, 3.05) is 13.1 Å². The van der Waals surface area contributed by atoms with E-state index in [0.29, 0.717) is 31.8 Å². The molecule has 1 N–H and O–H groups in total. The van der Waals surface area contributed by atoms with Gasteiger partial charge in [-0.05, 0) is 30.9 Å². The monoisotopic (exact) mass is 378 g/mol. The molecule has 0 spiro atoms. The van der Waals surface area contributed by atoms with Gasteiger partial charge >= 0.3 is 5.97 Å². The van der Waals surface area contributed by atoms with Crippen molar-refractivity contribution < 1.29 is 27.9 Å². The van der Waals surface area contributed by atoms with E-state index in [4.69, 9.17) is 9.52 Å². The predicted octanol–water partition coefficient (Wildman–Crippen LogP) is 3.27. The summed E-state index contributed by atoms with van der Waals surface area (Å²) in [5.41, 5.74) is 0.113. The molecule has 27 heavy (non-hydrogen) atoms. The van der Waals surface area contributed by atoms with Gasteiger partial charge in [0.2, 0.25) is 5.91 Å². The van der Waals surface area contributed by atoms with Gasteiger partial charge < -0.3 is 14.4 Å². The number of likely N-dealkylation sites (tertiary alicyclic amines) is 1. The van der Waals surface area contributed by atoms with Gasteiger partial charge in [-0.1, -0.05) is 0 Å². The van der Waals surface area contributed by atoms with Gasteiger partial charge in [-0.3, -0.25) is 9.59 Å². The lowest BCUT2D eigenvalue weighted by atomic mass is 9.93. The van der Waals surface area contributed by atoms with Crippen molar-refractivity contribution in [1.82, 2.24) is 9.88 Å². The number of carbonyl (C=O) groups is 2. The molecule has 0 aliphatic carbocycles. The van der Waals surface area contributed by atoms with Crippen LogP contribution in [0.15, 0.2) is 28.8 Å². The van der Waals surface area contributed by atoms with Crippen LogP contribution >= 0.6 is 0 Å². The molecule has 2 heterocycles. The third-order valence-corrected chi connectivity index (χ3v) is 4.73. The average molecular weight is 378 g/mol. The molecule has 1 amide bonds. The third-order valence-electron chi connectivity index (χ3n) is 4.73. The SMILES string of the molecule is O=C(O)CC1CCN(C(=O)CCc2ncc(-c3ccc(F)cc3F)o2)CC1. The molecular formula is C19H20F2N2O4. The third kappa shape index (κ3) is 4.90. The molecule has 1 saturated heterocycles. The molecule has 0 unspecified atom stereocenters. The summed E-state index contributed by atoms with van der Waals surface area (Å²) in [5.74, 6) is -1.65. The fourth-order valence-corrected chi connectivity index (χ4v) is 3.25. The second-order valence-corrected chi connectivity index (χ2v) is 6.66. The maximum absolute atomic E-state index is 13.8. The van der Waals surface area contributed by atoms with Gasteiger partial charge in [0.1, 0.15) is 11.6 Å². The number of oxazole rings is 1. The van der Waals surface area contributed by atoms with Crippen molar-refractivity contribution >= 4 is 11.9 Å². The largest absolute Gasteiger partial charge is 0.481 e. The molecule has 1 aliphatic heterocycles. The van der Waals surface area contributed by atoms with E-state index in [1.807, 2.05) is 0 Å². The van der Waals surface area contributed by atoms with Gasteiger partial charge in [-0.15, -0.1) is 0 Å². The Balaban J connectivity index is 1.51. The molecule has 2 aromatic rings. The molecular weight excluding hydrogens is 358 g/mol. The van der Waals surface area contributed by atoms with E-state index >= 15 is 0 Å². The molecule has 1 aromatic carbocycles. The zero-order valence-corrected chi connectivity index (χ0v) is 14.7. The Labute approximate surface area is 154 Å². The first-order valence-electron chi connectivity index (χ1n) is 8.82. The van der Waals surface area contributed by atoms with Crippen LogP contribution in [0, 0.1) is 17.6 Å². The van der Waals surface area contributed by atoms with Crippen LogP contribution in [-0.4, -0.2) is 40.0 Å². The number of aliphatic carboxylic acids is 1. The van der Waals surface area contributed by atoms with E-state index in [0.717, 1.165) is 12.1 Å². The van der Waals surface area contributed by atoms with Gasteiger partial charge in [-0.25, -0.2) is 13.8 Å². The smallest absolute Gasteiger partial charge is 0.303 e. The number of aryl methyl sites for hydroxylation is 1. The number of halogens is 2. The van der Waals surface area contributed by atoms with Crippen LogP contribution in [0.25, 0.3) is 11.3 Å². The summed E-state index contributed by atoms with van der Waals surface area (Å²) >= 11 is 0. The second-order valence-electron chi connectivity index (χ2n) is 6.66. The molecule has 144 valence electrons. The number of nitrogens with zero attached hydrogens (tertiary/aromatic N) is 2. The normalized spacial score (nSPS) is 15.1. The predicted molar refractivity (Wildman–Crippen MR) is 91.7 cm³/mol. The second kappa shape index (κ2) is 8.28. The van der Waals surface area contributed by atoms with E-state index in [9.17, 15) is 18.4 Å². The van der Waals surface area contributed by atoms with Crippen LogP contribution in [0.2, 0.25) is 0 Å². The lowest BCUT2D eigenvalue weighted by Crippen LogP contribution is -2.39. The molecule has 0 atom stereocenters. The Bertz CT molecular complexity index is 829. The van der Waals surface area contributed by atoms with Crippen molar-refractivity contribution in [3.8, 4) is 11.3 Å². The molecule has 0 radical (unpaired) electrons. The zero-order valence-electron chi connectivity index (χ0n) is 14.7. The van der Waals surface area contributed by atoms with E-state index in [2.05, 4.69) is 4.98 Å². The van der Waals surface area contributed by atoms with Crippen LogP contribution < -0.4 is 0 Å². The molecule has 8 heteroatoms. The Morgan fingerprint density at radius 2 is 2.00 bits per heavy atom. The van der Waals surface area contributed by atoms with Crippen LogP contribution in [-0.2, 0) is 16.0 Å². The summed E-state index contributed by atoms with van der Waals surface area (Å²) in [5, 5.41) is 8.83. The molecule has 1 fully saturated rings. The van der Waals surface area contributed by atoms with Crippen LogP contribution in [0.5, 0.6) is 0 Å². The average Bonchev–Trinajstić information content (AvgIpc) is 3.08. The van der Waals surface area contributed by atoms with E-state index in [1.165, 1.54) is 12.3 Å². The highest BCUT2D eigenvalue weighted by molar-refractivity contribution is 5.76. The summed E-state index contributed by atoms with van der Waals surface area (Å²) in [6, 6.07) is 3.19. The van der Waals surface area contributed by atoms with Crippen molar-refractivity contribution in [1.29, 1.82) is 0 Å². The van der Waals surface area contributed by atoms with Gasteiger partial charge in [0.05, 0.1) is 11.8 Å². The lowest BCUT2D eigenvalue weighted by Gasteiger charge is -2.31. The van der Waals surface area contributed by atoms with E-state index in [-0.39, 0.29) is 42.4 Å². The standard InChI is InChI=1S/C19H20F2N2O4/c20-13-1-2-14(15(21)10-13)16-11-22-17(27-16)3-4-18(24)23-7-5-12(6-8-23)9-19(25)26/h1-2,10-12H,3-9H2,(H,25,26). The summed E-state index contributed by atoms with van der Waals surface area (Å²) in [6.45, 7) is 1.10. The number of carbonyl (C=O) groups excluding carboxylic acids is 1. The highest BCUT2D eigenvalue weighted by Gasteiger charge is 2.24. The quantitative estimate of drug-likeness (QED) is 0.834. The number of hydrogen-bond acceptors (Lipinski definition) is 4. The van der Waals surface area contributed by atoms with Crippen LogP contribution in [0.4, 0.5) is 8.78 Å². The lowest BCUT2D eigenvalue weighted by molar-refractivity contribution is -0.138. The summed E-state index contributed by atoms with van der Waals surface area (Å²) in [6.07, 6.45) is 3.34. The maximum atomic E-state index is 13.8. The molecule has 0 bridgehead atoms. The fraction of sp³-hybridized carbons (Fsp3) is 0.421. The Hall–Kier alpha value is -2.77. The first-order chi connectivity index (χ1) is 12.9. The highest BCUT2D eigenvalue weighted by Crippen LogP contribution is 2.25. The Morgan fingerprint density at radius 3 is 2.67 bits per heavy atom. The molecule has 1 aromatic heterocycles. The first-order valence-corrected chi connectivity index (χ1v) is 8.82. The van der Waals surface area contributed by atoms with Gasteiger partial charge in [0.25, 0.3) is 0 Å². The number of hydrogen-bond donors (Lipinski definition) is 1. The van der Waals surface area contributed by atoms with Crippen molar-refractivity contribution in [2.45, 2.75) is 32.1 Å². The first kappa shape index (κ1) is 19.0. The number of carboxylic acids is 1. The fourth-order valence-electron chi connectivity index (χ4n) is 3.25. The van der Waals surface area contributed by atoms with Crippen LogP contribution in [0.1, 0.15) is 31.6 Å². The van der Waals surface area contributed by atoms with Gasteiger partial charge in [0.15, 0.2) is 11.7 Å². The minimum absolute atomic E-state index is 0.0449. The minimum atomic E-state index is -0.808. The van der Waals surface area contributed by atoms with Gasteiger partial charge in [0, 0.05) is 38.4 Å². The maximum Gasteiger partial charge on any atom is 0.303 e. The number of aromatic nitrogens is 1. The minimum Gasteiger partial charge on any atom is -0.481 e. The summed E-state index contributed by atoms with van der Waals surface area (Å²) < 4.78 is 32.3. The van der Waals surface area contributed by atoms with Crippen molar-refractivity contribution in [3.05, 3.63) is 41.9 Å². The topological polar surface area (TPSA) is 83.6 Å². The van der Waals surface area contributed by atoms with Crippen LogP contribution in [0.3, 0.4) is 0 Å². The summed E-state index contributed by atoms with van der Waals surface area (Å²) in [4.78, 5) is 28.8. The van der Waals surface area contributed by atoms with Gasteiger partial charge in [-0.2, -0.15) is 0 Å². The number of piperidine rings is 1. The molecule has 1 aliphatic rings. The van der Waals surface area contributed by atoms with E-state index < -0.39 is 17.6 Å². The number of benzene rings is 1. The Kier molecular flexibility index (Phi) is 5.83. The van der Waals surface area contributed by atoms with Crippen molar-refractivity contribution in [3.63, 3.8) is 0 Å². The van der Waals surface area contributed by atoms with E-state index in [1.54, 1.807) is 4.90 Å². The number of rotatable bonds is 6. The van der Waals surface area contributed by atoms with Crippen molar-refractivity contribution in [2.24, 2.45) is 5.92 Å². The number of carboxylic acid groups (broad SMARTS) is 1.